The molecule has 5 N–H and O–H groups in total. The summed E-state index contributed by atoms with van der Waals surface area (Å²) in [5, 5.41) is 19.6. The minimum Gasteiger partial charge on any atom is -0.480 e. The minimum atomic E-state index is -0.273. The van der Waals surface area contributed by atoms with Crippen molar-refractivity contribution in [2.24, 2.45) is 10.9 Å². The van der Waals surface area contributed by atoms with Gasteiger partial charge in [0.25, 0.3) is 0 Å². The Hall–Kier alpha value is -4.70. The number of nitrogens with zero attached hydrogens (tertiary/aromatic N) is 6. The number of likely N-dealkylation sites (tertiary alicyclic amines) is 1. The number of nitrogens with one attached hydrogen (secondary N) is 3. The van der Waals surface area contributed by atoms with Crippen molar-refractivity contribution in [1.29, 1.82) is 10.8 Å². The molecule has 2 aromatic heterocycles. The van der Waals surface area contributed by atoms with Gasteiger partial charge in [-0.2, -0.15) is 0 Å². The third-order valence-corrected chi connectivity index (χ3v) is 8.93. The number of alkyl halides is 1. The van der Waals surface area contributed by atoms with E-state index in [1.54, 1.807) is 42.4 Å². The lowest BCUT2D eigenvalue weighted by Crippen LogP contribution is -2.42. The molecule has 50 heavy (non-hydrogen) atoms. The van der Waals surface area contributed by atoms with E-state index in [0.29, 0.717) is 79.6 Å². The van der Waals surface area contributed by atoms with E-state index in [1.807, 2.05) is 54.0 Å². The van der Waals surface area contributed by atoms with Crippen LogP contribution < -0.4 is 20.7 Å². The van der Waals surface area contributed by atoms with Gasteiger partial charge in [-0.25, -0.2) is 9.98 Å². The Kier molecular flexibility index (Phi) is 12.3. The predicted octanol–water partition coefficient (Wildman–Crippen LogP) is 4.20. The van der Waals surface area contributed by atoms with E-state index in [1.165, 1.54) is 6.34 Å². The molecule has 1 unspecified atom stereocenters. The van der Waals surface area contributed by atoms with Gasteiger partial charge < -0.3 is 20.7 Å². The number of carbonyl (C=O) groups is 2. The second-order valence-electron chi connectivity index (χ2n) is 12.1. The quantitative estimate of drug-likeness (QED) is 0.0914. The van der Waals surface area contributed by atoms with E-state index in [-0.39, 0.29) is 39.9 Å². The molecule has 0 spiro atoms. The Balaban J connectivity index is 1.16. The van der Waals surface area contributed by atoms with Gasteiger partial charge in [-0.15, -0.1) is 0 Å². The fourth-order valence-electron chi connectivity index (χ4n) is 6.01. The molecule has 4 heterocycles. The minimum absolute atomic E-state index is 0.0135. The molecule has 0 radical (unpaired) electrons. The van der Waals surface area contributed by atoms with Crippen LogP contribution in [0.15, 0.2) is 65.8 Å². The van der Waals surface area contributed by atoms with Gasteiger partial charge >= 0.3 is 0 Å². The van der Waals surface area contributed by atoms with E-state index in [0.717, 1.165) is 11.3 Å². The molecule has 14 heteroatoms. The molecule has 0 bridgehead atoms. The van der Waals surface area contributed by atoms with E-state index >= 15 is 0 Å². The average molecular weight is 791 g/mol. The fraction of sp³-hybridized carbons (Fsp3) is 0.361. The Morgan fingerprint density at radius 2 is 1.92 bits per heavy atom. The summed E-state index contributed by atoms with van der Waals surface area (Å²) in [5.74, 6) is 0.988. The Labute approximate surface area is 306 Å². The molecule has 0 saturated carbocycles. The lowest BCUT2D eigenvalue weighted by Gasteiger charge is -2.28. The number of rotatable bonds is 12. The Morgan fingerprint density at radius 3 is 2.56 bits per heavy atom. The number of nitrogens with two attached hydrogens (primary N) is 1. The zero-order valence-electron chi connectivity index (χ0n) is 28.5. The van der Waals surface area contributed by atoms with Crippen LogP contribution in [0.3, 0.4) is 0 Å². The van der Waals surface area contributed by atoms with Gasteiger partial charge in [-0.3, -0.25) is 35.2 Å². The van der Waals surface area contributed by atoms with E-state index in [4.69, 9.17) is 21.3 Å². The number of pyridine rings is 2. The molecule has 2 aliphatic rings. The number of carbonyl (C=O) groups excluding carboxylic acids is 2. The normalized spacial score (nSPS) is 16.9. The molecule has 2 aliphatic heterocycles. The third kappa shape index (κ3) is 8.90. The van der Waals surface area contributed by atoms with Crippen molar-refractivity contribution in [3.05, 3.63) is 83.3 Å². The summed E-state index contributed by atoms with van der Waals surface area (Å²) in [4.78, 5) is 45.8. The summed E-state index contributed by atoms with van der Waals surface area (Å²) in [5.41, 5.74) is 10.3. The van der Waals surface area contributed by atoms with Crippen molar-refractivity contribution in [1.82, 2.24) is 25.1 Å². The molecule has 2 amide bonds. The summed E-state index contributed by atoms with van der Waals surface area (Å²) in [6.07, 6.45) is 6.47. The summed E-state index contributed by atoms with van der Waals surface area (Å²) in [6.45, 7) is 6.73. The van der Waals surface area contributed by atoms with Crippen LogP contribution in [0.4, 0.5) is 11.5 Å². The lowest BCUT2D eigenvalue weighted by atomic mass is 10.0. The van der Waals surface area contributed by atoms with Crippen LogP contribution in [0, 0.1) is 16.7 Å². The molecule has 1 saturated heterocycles. The largest absolute Gasteiger partial charge is 0.480 e. The standard InChI is InChI=1S/C36H43IN10O3/c1-4-47(31-12-10-29(38)34(44-31)33(39)25-5-8-28(9-6-25)50-23(2)37)36(49)27-13-16-45(20-27)21-32(48)46-17-14-24(15-18-46)30-11-7-26(19-42-30)35(40)43-22-41-3/h5-12,14,19,22-23,27,39H,4,13,15-18,20-21,38H2,1-3H3,(H2,40,41,43)/t23?,27-/m1/s1. The molecule has 1 aromatic carbocycles. The van der Waals surface area contributed by atoms with E-state index < -0.39 is 0 Å². The highest BCUT2D eigenvalue weighted by molar-refractivity contribution is 14.1. The maximum atomic E-state index is 13.8. The highest BCUT2D eigenvalue weighted by Gasteiger charge is 2.34. The lowest BCUT2D eigenvalue weighted by molar-refractivity contribution is -0.132. The molecule has 13 nitrogen and oxygen atoms in total. The molecular weight excluding hydrogens is 747 g/mol. The first-order chi connectivity index (χ1) is 24.1. The van der Waals surface area contributed by atoms with Crippen LogP contribution in [0.1, 0.15) is 49.2 Å². The highest BCUT2D eigenvalue weighted by Crippen LogP contribution is 2.26. The Morgan fingerprint density at radius 1 is 1.16 bits per heavy atom. The van der Waals surface area contributed by atoms with E-state index in [2.05, 4.69) is 42.9 Å². The van der Waals surface area contributed by atoms with Gasteiger partial charge in [-0.05, 0) is 110 Å². The first kappa shape index (κ1) is 36.6. The van der Waals surface area contributed by atoms with Crippen molar-refractivity contribution >= 4 is 69.4 Å². The fourth-order valence-corrected chi connectivity index (χ4v) is 6.30. The molecule has 0 aliphatic carbocycles. The average Bonchev–Trinajstić information content (AvgIpc) is 3.60. The van der Waals surface area contributed by atoms with E-state index in [9.17, 15) is 9.59 Å². The van der Waals surface area contributed by atoms with Crippen LogP contribution in [-0.2, 0) is 9.59 Å². The highest BCUT2D eigenvalue weighted by atomic mass is 127. The summed E-state index contributed by atoms with van der Waals surface area (Å²) >= 11 is 2.18. The molecule has 1 fully saturated rings. The number of aliphatic imine (C=N–C) groups is 1. The van der Waals surface area contributed by atoms with Crippen LogP contribution in [0.5, 0.6) is 5.75 Å². The maximum absolute atomic E-state index is 13.8. The number of halogens is 1. The van der Waals surface area contributed by atoms with Gasteiger partial charge in [0, 0.05) is 50.6 Å². The number of benzene rings is 1. The number of nitrogen functional groups attached to an aromatic ring is 1. The third-order valence-electron chi connectivity index (χ3n) is 8.68. The number of aromatic nitrogens is 2. The van der Waals surface area contributed by atoms with Gasteiger partial charge in [0.15, 0.2) is 5.84 Å². The second-order valence-corrected chi connectivity index (χ2v) is 13.9. The molecule has 262 valence electrons. The zero-order valence-corrected chi connectivity index (χ0v) is 30.7. The summed E-state index contributed by atoms with van der Waals surface area (Å²) in [7, 11) is 1.73. The zero-order chi connectivity index (χ0) is 35.8. The predicted molar refractivity (Wildman–Crippen MR) is 205 cm³/mol. The van der Waals surface area contributed by atoms with Crippen LogP contribution in [0.25, 0.3) is 5.57 Å². The first-order valence-corrected chi connectivity index (χ1v) is 17.8. The monoisotopic (exact) mass is 790 g/mol. The summed E-state index contributed by atoms with van der Waals surface area (Å²) in [6, 6.07) is 14.3. The first-order valence-electron chi connectivity index (χ1n) is 16.6. The van der Waals surface area contributed by atoms with Crippen molar-refractivity contribution < 1.29 is 14.3 Å². The van der Waals surface area contributed by atoms with Gasteiger partial charge in [0.1, 0.15) is 21.4 Å². The summed E-state index contributed by atoms with van der Waals surface area (Å²) < 4.78 is 5.72. The van der Waals surface area contributed by atoms with Gasteiger partial charge in [-0.1, -0.05) is 6.08 Å². The molecule has 2 atom stereocenters. The SMILES string of the molecule is CCN(C(=O)[C@@H]1CCN(CC(=O)N2CC=C(c3ccc(C(=N)/N=C\NC)cn3)CC2)C1)c1ccc(N)c(C(=N)c2ccc(OC(C)I)cc2)n1. The van der Waals surface area contributed by atoms with Crippen molar-refractivity contribution in [2.45, 2.75) is 30.8 Å². The van der Waals surface area contributed by atoms with Crippen molar-refractivity contribution in [3.63, 3.8) is 0 Å². The maximum Gasteiger partial charge on any atom is 0.237 e. The van der Waals surface area contributed by atoms with Crippen molar-refractivity contribution in [2.75, 3.05) is 56.9 Å². The van der Waals surface area contributed by atoms with Crippen LogP contribution in [-0.4, -0.2) is 99.9 Å². The number of ether oxygens (including phenoxy) is 1. The smallest absolute Gasteiger partial charge is 0.237 e. The number of amidine groups is 1. The topological polar surface area (TPSA) is 177 Å². The molecule has 3 aromatic rings. The number of amides is 2. The number of anilines is 2. The van der Waals surface area contributed by atoms with Gasteiger partial charge in [0.05, 0.1) is 35.9 Å². The van der Waals surface area contributed by atoms with Crippen molar-refractivity contribution in [3.8, 4) is 5.75 Å². The van der Waals surface area contributed by atoms with Crippen LogP contribution in [0.2, 0.25) is 0 Å². The van der Waals surface area contributed by atoms with Gasteiger partial charge in [0.2, 0.25) is 11.8 Å². The number of hydrogen-bond acceptors (Lipinski definition) is 9. The van der Waals surface area contributed by atoms with Crippen LogP contribution >= 0.6 is 22.6 Å². The molecular formula is C36H43IN10O3. The number of hydrogen-bond donors (Lipinski definition) is 4. The molecule has 5 rings (SSSR count). The Bertz CT molecular complexity index is 1780. The second kappa shape index (κ2) is 16.8.